The number of nitrogens with zero attached hydrogens (tertiary/aromatic N) is 1. The number of amides is 1. The number of carbonyl (C=O) groups is 1. The van der Waals surface area contributed by atoms with Crippen LogP contribution in [0.2, 0.25) is 0 Å². The van der Waals surface area contributed by atoms with Crippen LogP contribution in [-0.2, 0) is 4.79 Å². The van der Waals surface area contributed by atoms with Crippen LogP contribution in [-0.4, -0.2) is 30.4 Å². The molecule has 1 saturated heterocycles. The van der Waals surface area contributed by atoms with Crippen LogP contribution in [0.3, 0.4) is 0 Å². The van der Waals surface area contributed by atoms with Crippen LogP contribution in [0.4, 0.5) is 0 Å². The molecule has 1 saturated carbocycles. The van der Waals surface area contributed by atoms with E-state index < -0.39 is 0 Å². The van der Waals surface area contributed by atoms with E-state index in [9.17, 15) is 4.79 Å². The van der Waals surface area contributed by atoms with E-state index in [1.807, 2.05) is 6.07 Å². The van der Waals surface area contributed by atoms with Crippen molar-refractivity contribution in [3.8, 4) is 0 Å². The van der Waals surface area contributed by atoms with Gasteiger partial charge in [0.1, 0.15) is 0 Å². The first-order chi connectivity index (χ1) is 9.29. The van der Waals surface area contributed by atoms with Crippen LogP contribution in [0, 0.1) is 11.8 Å². The lowest BCUT2D eigenvalue weighted by Crippen LogP contribution is -2.42. The summed E-state index contributed by atoms with van der Waals surface area (Å²) < 4.78 is 0. The lowest BCUT2D eigenvalue weighted by Gasteiger charge is -2.32. The highest BCUT2D eigenvalue weighted by molar-refractivity contribution is 5.83. The maximum absolute atomic E-state index is 12.5. The molecular weight excluding hydrogens is 236 g/mol. The maximum atomic E-state index is 12.5. The Bertz CT molecular complexity index is 445. The topological polar surface area (TPSA) is 46.3 Å². The summed E-state index contributed by atoms with van der Waals surface area (Å²) in [6, 6.07) is 10.4. The van der Waals surface area contributed by atoms with Gasteiger partial charge in [0, 0.05) is 19.0 Å². The fourth-order valence-corrected chi connectivity index (χ4v) is 3.23. The van der Waals surface area contributed by atoms with Crippen molar-refractivity contribution in [2.45, 2.75) is 25.2 Å². The van der Waals surface area contributed by atoms with Crippen molar-refractivity contribution < 1.29 is 4.79 Å². The molecule has 2 N–H and O–H groups in total. The van der Waals surface area contributed by atoms with Crippen molar-refractivity contribution in [1.82, 2.24) is 4.90 Å². The molecule has 3 heteroatoms. The Hall–Kier alpha value is -1.35. The van der Waals surface area contributed by atoms with Gasteiger partial charge in [-0.25, -0.2) is 0 Å². The van der Waals surface area contributed by atoms with Crippen LogP contribution in [0.25, 0.3) is 0 Å². The van der Waals surface area contributed by atoms with Gasteiger partial charge in [-0.3, -0.25) is 4.79 Å². The molecule has 102 valence electrons. The molecular formula is C16H22N2O. The first-order valence-electron chi connectivity index (χ1n) is 7.33. The Balaban J connectivity index is 1.60. The van der Waals surface area contributed by atoms with E-state index in [1.165, 1.54) is 12.0 Å². The van der Waals surface area contributed by atoms with Gasteiger partial charge in [-0.15, -0.1) is 0 Å². The third-order valence-corrected chi connectivity index (χ3v) is 4.50. The van der Waals surface area contributed by atoms with Gasteiger partial charge in [-0.1, -0.05) is 30.3 Å². The van der Waals surface area contributed by atoms with Crippen LogP contribution >= 0.6 is 0 Å². The Morgan fingerprint density at radius 3 is 2.84 bits per heavy atom. The minimum absolute atomic E-state index is 0.221. The number of nitrogens with two attached hydrogens (primary N) is 1. The molecule has 19 heavy (non-hydrogen) atoms. The largest absolute Gasteiger partial charge is 0.342 e. The molecule has 0 aromatic heterocycles. The fourth-order valence-electron chi connectivity index (χ4n) is 3.23. The maximum Gasteiger partial charge on any atom is 0.226 e. The lowest BCUT2D eigenvalue weighted by molar-refractivity contribution is -0.134. The standard InChI is InChI=1S/C16H22N2O/c17-10-12-5-4-8-18(11-12)16(19)15-9-14(15)13-6-2-1-3-7-13/h1-3,6-7,12,14-15H,4-5,8-11,17H2. The zero-order valence-electron chi connectivity index (χ0n) is 11.3. The molecule has 3 unspecified atom stereocenters. The van der Waals surface area contributed by atoms with Gasteiger partial charge in [-0.2, -0.15) is 0 Å². The molecule has 3 nitrogen and oxygen atoms in total. The van der Waals surface area contributed by atoms with E-state index in [4.69, 9.17) is 5.73 Å². The predicted molar refractivity (Wildman–Crippen MR) is 75.6 cm³/mol. The van der Waals surface area contributed by atoms with Crippen molar-refractivity contribution in [3.05, 3.63) is 35.9 Å². The van der Waals surface area contributed by atoms with E-state index in [2.05, 4.69) is 29.2 Å². The van der Waals surface area contributed by atoms with Crippen molar-refractivity contribution in [3.63, 3.8) is 0 Å². The van der Waals surface area contributed by atoms with E-state index in [0.29, 0.717) is 24.3 Å². The van der Waals surface area contributed by atoms with Gasteiger partial charge in [0.15, 0.2) is 0 Å². The monoisotopic (exact) mass is 258 g/mol. The van der Waals surface area contributed by atoms with Crippen LogP contribution in [0.15, 0.2) is 30.3 Å². The molecule has 0 radical (unpaired) electrons. The summed E-state index contributed by atoms with van der Waals surface area (Å²) in [5, 5.41) is 0. The van der Waals surface area contributed by atoms with Crippen LogP contribution in [0.1, 0.15) is 30.7 Å². The van der Waals surface area contributed by atoms with Crippen molar-refractivity contribution >= 4 is 5.91 Å². The average Bonchev–Trinajstić information content (AvgIpc) is 3.28. The van der Waals surface area contributed by atoms with Crippen molar-refractivity contribution in [2.24, 2.45) is 17.6 Å². The highest BCUT2D eigenvalue weighted by Crippen LogP contribution is 2.48. The Kier molecular flexibility index (Phi) is 3.56. The molecule has 1 heterocycles. The van der Waals surface area contributed by atoms with Gasteiger partial charge in [0.2, 0.25) is 5.91 Å². The molecule has 1 aliphatic carbocycles. The van der Waals surface area contributed by atoms with E-state index >= 15 is 0 Å². The number of benzene rings is 1. The van der Waals surface area contributed by atoms with Crippen molar-refractivity contribution in [2.75, 3.05) is 19.6 Å². The first kappa shape index (κ1) is 12.7. The number of piperidine rings is 1. The normalized spacial score (nSPS) is 30.2. The number of likely N-dealkylation sites (tertiary alicyclic amines) is 1. The Labute approximate surface area is 114 Å². The molecule has 0 spiro atoms. The van der Waals surface area contributed by atoms with E-state index in [0.717, 1.165) is 25.9 Å². The highest BCUT2D eigenvalue weighted by Gasteiger charge is 2.46. The molecule has 3 rings (SSSR count). The van der Waals surface area contributed by atoms with E-state index in [1.54, 1.807) is 0 Å². The zero-order chi connectivity index (χ0) is 13.2. The molecule has 1 aromatic rings. The molecule has 3 atom stereocenters. The second-order valence-corrected chi connectivity index (χ2v) is 5.89. The van der Waals surface area contributed by atoms with Gasteiger partial charge >= 0.3 is 0 Å². The average molecular weight is 258 g/mol. The minimum Gasteiger partial charge on any atom is -0.342 e. The van der Waals surface area contributed by atoms with Crippen LogP contribution in [0.5, 0.6) is 0 Å². The summed E-state index contributed by atoms with van der Waals surface area (Å²) in [4.78, 5) is 14.5. The van der Waals surface area contributed by atoms with Gasteiger partial charge in [0.05, 0.1) is 0 Å². The number of rotatable bonds is 3. The summed E-state index contributed by atoms with van der Waals surface area (Å²) in [5.41, 5.74) is 7.05. The number of carbonyl (C=O) groups excluding carboxylic acids is 1. The summed E-state index contributed by atoms with van der Waals surface area (Å²) >= 11 is 0. The molecule has 0 bridgehead atoms. The van der Waals surface area contributed by atoms with Crippen LogP contribution < -0.4 is 5.73 Å². The Morgan fingerprint density at radius 1 is 1.32 bits per heavy atom. The molecule has 1 aromatic carbocycles. The molecule has 2 fully saturated rings. The second kappa shape index (κ2) is 5.33. The van der Waals surface area contributed by atoms with E-state index in [-0.39, 0.29) is 5.92 Å². The SMILES string of the molecule is NCC1CCCN(C(=O)C2CC2c2ccccc2)C1. The van der Waals surface area contributed by atoms with Gasteiger partial charge in [-0.05, 0) is 43.2 Å². The number of hydrogen-bond donors (Lipinski definition) is 1. The molecule has 1 aliphatic heterocycles. The lowest BCUT2D eigenvalue weighted by atomic mass is 9.97. The quantitative estimate of drug-likeness (QED) is 0.901. The Morgan fingerprint density at radius 2 is 2.11 bits per heavy atom. The van der Waals surface area contributed by atoms with Crippen molar-refractivity contribution in [1.29, 1.82) is 0 Å². The van der Waals surface area contributed by atoms with Gasteiger partial charge in [0.25, 0.3) is 0 Å². The fraction of sp³-hybridized carbons (Fsp3) is 0.562. The summed E-state index contributed by atoms with van der Waals surface area (Å²) in [6.45, 7) is 2.50. The summed E-state index contributed by atoms with van der Waals surface area (Å²) in [7, 11) is 0. The molecule has 2 aliphatic rings. The third kappa shape index (κ3) is 2.66. The highest BCUT2D eigenvalue weighted by atomic mass is 16.2. The summed E-state index contributed by atoms with van der Waals surface area (Å²) in [5.74, 6) is 1.53. The molecule has 1 amide bonds. The first-order valence-corrected chi connectivity index (χ1v) is 7.33. The summed E-state index contributed by atoms with van der Waals surface area (Å²) in [6.07, 6.45) is 3.30. The minimum atomic E-state index is 0.221. The third-order valence-electron chi connectivity index (χ3n) is 4.50. The smallest absolute Gasteiger partial charge is 0.226 e. The zero-order valence-corrected chi connectivity index (χ0v) is 11.3. The second-order valence-electron chi connectivity index (χ2n) is 5.89. The number of hydrogen-bond acceptors (Lipinski definition) is 2. The van der Waals surface area contributed by atoms with Gasteiger partial charge < -0.3 is 10.6 Å². The predicted octanol–water partition coefficient (Wildman–Crippen LogP) is 1.99.